The number of hydrogen-bond donors (Lipinski definition) is 1. The lowest BCUT2D eigenvalue weighted by atomic mass is 10.1. The van der Waals surface area contributed by atoms with E-state index >= 15 is 0 Å². The number of imide groups is 1. The highest BCUT2D eigenvalue weighted by atomic mass is 32.2. The van der Waals surface area contributed by atoms with Crippen molar-refractivity contribution in [1.29, 1.82) is 0 Å². The van der Waals surface area contributed by atoms with Gasteiger partial charge < -0.3 is 5.32 Å². The first-order valence-electron chi connectivity index (χ1n) is 7.94. The quantitative estimate of drug-likeness (QED) is 0.465. The maximum atomic E-state index is 12.1. The van der Waals surface area contributed by atoms with Gasteiger partial charge in [0.15, 0.2) is 0 Å². The molecule has 1 heterocycles. The van der Waals surface area contributed by atoms with Crippen molar-refractivity contribution < 1.29 is 19.3 Å². The van der Waals surface area contributed by atoms with Gasteiger partial charge in [0.1, 0.15) is 0 Å². The number of nitrogens with zero attached hydrogens (tertiary/aromatic N) is 2. The van der Waals surface area contributed by atoms with E-state index in [1.807, 2.05) is 0 Å². The molecule has 2 aromatic carbocycles. The number of anilines is 1. The first-order valence-corrected chi connectivity index (χ1v) is 9.09. The van der Waals surface area contributed by atoms with Crippen LogP contribution in [0.4, 0.5) is 11.4 Å². The van der Waals surface area contributed by atoms with E-state index in [0.717, 1.165) is 10.5 Å². The zero-order valence-electron chi connectivity index (χ0n) is 14.3. The number of nitrogens with one attached hydrogen (secondary N) is 1. The molecular formula is C18H15N3O5S. The molecule has 0 spiro atoms. The van der Waals surface area contributed by atoms with Crippen molar-refractivity contribution in [2.75, 3.05) is 18.1 Å². The van der Waals surface area contributed by atoms with Crippen LogP contribution in [0.5, 0.6) is 0 Å². The molecule has 138 valence electrons. The summed E-state index contributed by atoms with van der Waals surface area (Å²) in [7, 11) is 1.41. The molecule has 0 aliphatic carbocycles. The molecule has 2 aromatic rings. The number of non-ortho nitro benzene ring substituents is 1. The minimum Gasteiger partial charge on any atom is -0.325 e. The average Bonchev–Trinajstić information content (AvgIpc) is 2.86. The average molecular weight is 385 g/mol. The smallest absolute Gasteiger partial charge is 0.269 e. The molecule has 27 heavy (non-hydrogen) atoms. The monoisotopic (exact) mass is 385 g/mol. The summed E-state index contributed by atoms with van der Waals surface area (Å²) in [5.41, 5.74) is 1.96. The molecule has 0 fully saturated rings. The van der Waals surface area contributed by atoms with Gasteiger partial charge in [-0.05, 0) is 23.8 Å². The second-order valence-electron chi connectivity index (χ2n) is 5.89. The zero-order valence-corrected chi connectivity index (χ0v) is 15.1. The highest BCUT2D eigenvalue weighted by Gasteiger charge is 2.32. The van der Waals surface area contributed by atoms with E-state index in [2.05, 4.69) is 5.32 Å². The van der Waals surface area contributed by atoms with Crippen LogP contribution in [0.2, 0.25) is 0 Å². The van der Waals surface area contributed by atoms with Crippen LogP contribution in [0, 0.1) is 10.1 Å². The third-order valence-electron chi connectivity index (χ3n) is 4.02. The molecule has 1 N–H and O–H groups in total. The Labute approximate surface area is 158 Å². The minimum absolute atomic E-state index is 0.0248. The van der Waals surface area contributed by atoms with E-state index in [4.69, 9.17) is 0 Å². The minimum atomic E-state index is -0.461. The standard InChI is InChI=1S/C18H15N3O5S/c1-20-17(23)14-7-4-12(8-15(14)18(20)24)19-16(22)10-27-9-11-2-5-13(6-3-11)21(25)26/h2-8H,9-10H2,1H3,(H,19,22). The Balaban J connectivity index is 1.54. The second kappa shape index (κ2) is 7.58. The summed E-state index contributed by atoms with van der Waals surface area (Å²) < 4.78 is 0. The van der Waals surface area contributed by atoms with Crippen molar-refractivity contribution in [3.63, 3.8) is 0 Å². The summed E-state index contributed by atoms with van der Waals surface area (Å²) in [6.07, 6.45) is 0. The lowest BCUT2D eigenvalue weighted by Crippen LogP contribution is -2.24. The molecule has 0 radical (unpaired) electrons. The van der Waals surface area contributed by atoms with Crippen LogP contribution in [0.1, 0.15) is 26.3 Å². The van der Waals surface area contributed by atoms with Gasteiger partial charge in [-0.2, -0.15) is 0 Å². The summed E-state index contributed by atoms with van der Waals surface area (Å²) in [5.74, 6) is -0.272. The fourth-order valence-corrected chi connectivity index (χ4v) is 3.40. The fraction of sp³-hybridized carbons (Fsp3) is 0.167. The van der Waals surface area contributed by atoms with Gasteiger partial charge in [0, 0.05) is 30.6 Å². The van der Waals surface area contributed by atoms with E-state index in [9.17, 15) is 24.5 Å². The fourth-order valence-electron chi connectivity index (χ4n) is 2.61. The molecule has 3 amide bonds. The molecular weight excluding hydrogens is 370 g/mol. The molecule has 8 nitrogen and oxygen atoms in total. The molecule has 0 aromatic heterocycles. The van der Waals surface area contributed by atoms with Gasteiger partial charge in [-0.1, -0.05) is 12.1 Å². The number of carbonyl (C=O) groups is 3. The van der Waals surface area contributed by atoms with Crippen LogP contribution >= 0.6 is 11.8 Å². The molecule has 0 saturated carbocycles. The third-order valence-corrected chi connectivity index (χ3v) is 5.03. The lowest BCUT2D eigenvalue weighted by Gasteiger charge is -2.06. The highest BCUT2D eigenvalue weighted by Crippen LogP contribution is 2.25. The van der Waals surface area contributed by atoms with E-state index in [0.29, 0.717) is 17.0 Å². The van der Waals surface area contributed by atoms with Crippen LogP contribution < -0.4 is 5.32 Å². The van der Waals surface area contributed by atoms with Crippen molar-refractivity contribution in [2.45, 2.75) is 5.75 Å². The Morgan fingerprint density at radius 3 is 2.44 bits per heavy atom. The summed E-state index contributed by atoms with van der Waals surface area (Å²) >= 11 is 1.36. The molecule has 1 aliphatic rings. The largest absolute Gasteiger partial charge is 0.325 e. The SMILES string of the molecule is CN1C(=O)c2ccc(NC(=O)CSCc3ccc([N+](=O)[O-])cc3)cc2C1=O. The summed E-state index contributed by atoms with van der Waals surface area (Å²) in [5, 5.41) is 13.3. The predicted molar refractivity (Wildman–Crippen MR) is 101 cm³/mol. The van der Waals surface area contributed by atoms with Gasteiger partial charge in [-0.25, -0.2) is 0 Å². The number of benzene rings is 2. The first-order chi connectivity index (χ1) is 12.9. The first kappa shape index (κ1) is 18.6. The summed E-state index contributed by atoms with van der Waals surface area (Å²) in [6, 6.07) is 10.8. The summed E-state index contributed by atoms with van der Waals surface area (Å²) in [4.78, 5) is 47.1. The van der Waals surface area contributed by atoms with Crippen molar-refractivity contribution in [1.82, 2.24) is 4.90 Å². The highest BCUT2D eigenvalue weighted by molar-refractivity contribution is 7.99. The number of hydrogen-bond acceptors (Lipinski definition) is 6. The Bertz CT molecular complexity index is 943. The zero-order chi connectivity index (χ0) is 19.6. The lowest BCUT2D eigenvalue weighted by molar-refractivity contribution is -0.384. The van der Waals surface area contributed by atoms with Gasteiger partial charge in [0.25, 0.3) is 17.5 Å². The molecule has 3 rings (SSSR count). The number of nitro benzene ring substituents is 1. The van der Waals surface area contributed by atoms with E-state index < -0.39 is 10.8 Å². The second-order valence-corrected chi connectivity index (χ2v) is 6.88. The van der Waals surface area contributed by atoms with Gasteiger partial charge in [-0.3, -0.25) is 29.4 Å². The van der Waals surface area contributed by atoms with Crippen LogP contribution in [-0.2, 0) is 10.5 Å². The van der Waals surface area contributed by atoms with Crippen molar-refractivity contribution in [2.24, 2.45) is 0 Å². The van der Waals surface area contributed by atoms with Gasteiger partial charge >= 0.3 is 0 Å². The Morgan fingerprint density at radius 2 is 1.78 bits per heavy atom. The van der Waals surface area contributed by atoms with Gasteiger partial charge in [-0.15, -0.1) is 11.8 Å². The number of carbonyl (C=O) groups excluding carboxylic acids is 3. The van der Waals surface area contributed by atoms with Crippen molar-refractivity contribution >= 4 is 40.9 Å². The Morgan fingerprint density at radius 1 is 1.11 bits per heavy atom. The molecule has 0 atom stereocenters. The molecule has 1 aliphatic heterocycles. The van der Waals surface area contributed by atoms with Crippen LogP contribution in [-0.4, -0.2) is 40.3 Å². The Hall–Kier alpha value is -3.20. The van der Waals surface area contributed by atoms with Crippen LogP contribution in [0.25, 0.3) is 0 Å². The third kappa shape index (κ3) is 3.98. The number of fused-ring (bicyclic) bond motifs is 1. The van der Waals surface area contributed by atoms with E-state index in [1.54, 1.807) is 18.2 Å². The normalized spacial score (nSPS) is 12.9. The summed E-state index contributed by atoms with van der Waals surface area (Å²) in [6.45, 7) is 0. The molecule has 9 heteroatoms. The molecule has 0 bridgehead atoms. The van der Waals surface area contributed by atoms with Crippen LogP contribution in [0.3, 0.4) is 0 Å². The number of nitro groups is 1. The topological polar surface area (TPSA) is 110 Å². The van der Waals surface area contributed by atoms with E-state index in [-0.39, 0.29) is 28.8 Å². The predicted octanol–water partition coefficient (Wildman–Crippen LogP) is 2.69. The van der Waals surface area contributed by atoms with Crippen LogP contribution in [0.15, 0.2) is 42.5 Å². The molecule has 0 saturated heterocycles. The van der Waals surface area contributed by atoms with E-state index in [1.165, 1.54) is 43.1 Å². The maximum Gasteiger partial charge on any atom is 0.269 e. The maximum absolute atomic E-state index is 12.1. The number of rotatable bonds is 6. The van der Waals surface area contributed by atoms with Crippen molar-refractivity contribution in [3.8, 4) is 0 Å². The van der Waals surface area contributed by atoms with Gasteiger partial charge in [0.2, 0.25) is 5.91 Å². The van der Waals surface area contributed by atoms with Crippen molar-refractivity contribution in [3.05, 3.63) is 69.3 Å². The molecule has 0 unspecified atom stereocenters. The number of thioether (sulfide) groups is 1. The van der Waals surface area contributed by atoms with Gasteiger partial charge in [0.05, 0.1) is 21.8 Å². The Kier molecular flexibility index (Phi) is 5.22. The number of amides is 3.